The number of nitro benzene ring substituents is 1. The number of amides is 2. The third-order valence-corrected chi connectivity index (χ3v) is 9.73. The van der Waals surface area contributed by atoms with E-state index in [1.165, 1.54) is 24.3 Å². The molecule has 0 saturated carbocycles. The zero-order valence-electron chi connectivity index (χ0n) is 36.9. The third-order valence-electron chi connectivity index (χ3n) is 9.73. The molecular formula is C44H60N6O12. The van der Waals surface area contributed by atoms with Crippen molar-refractivity contribution in [1.82, 2.24) is 9.13 Å². The quantitative estimate of drug-likeness (QED) is 0.0311. The highest BCUT2D eigenvalue weighted by atomic mass is 16.6. The normalized spacial score (nSPS) is 12.2. The Morgan fingerprint density at radius 1 is 0.677 bits per heavy atom. The molecule has 2 unspecified atom stereocenters. The van der Waals surface area contributed by atoms with Gasteiger partial charge in [0.1, 0.15) is 11.5 Å². The minimum Gasteiger partial charge on any atom is -0.461 e. The number of benzene rings is 2. The van der Waals surface area contributed by atoms with Crippen LogP contribution in [0.25, 0.3) is 0 Å². The second kappa shape index (κ2) is 24.7. The van der Waals surface area contributed by atoms with Gasteiger partial charge in [0.05, 0.1) is 101 Å². The molecule has 0 spiro atoms. The summed E-state index contributed by atoms with van der Waals surface area (Å²) in [5, 5.41) is 11.3. The minimum atomic E-state index is -0.513. The van der Waals surface area contributed by atoms with Crippen LogP contribution in [0.3, 0.4) is 0 Å². The lowest BCUT2D eigenvalue weighted by molar-refractivity contribution is -0.384. The van der Waals surface area contributed by atoms with Gasteiger partial charge in [-0.3, -0.25) is 19.7 Å². The van der Waals surface area contributed by atoms with Gasteiger partial charge >= 0.3 is 5.97 Å². The fourth-order valence-corrected chi connectivity index (χ4v) is 6.45. The number of aryl methyl sites for hydroxylation is 2. The number of ether oxygens (including phenoxy) is 7. The Kier molecular flexibility index (Phi) is 19.5. The molecule has 0 saturated heterocycles. The second-order valence-electron chi connectivity index (χ2n) is 14.4. The average molecular weight is 865 g/mol. The molecule has 18 heteroatoms. The van der Waals surface area contributed by atoms with Crippen LogP contribution >= 0.6 is 0 Å². The van der Waals surface area contributed by atoms with Gasteiger partial charge in [-0.2, -0.15) is 0 Å². The molecule has 0 N–H and O–H groups in total. The molecule has 0 aliphatic carbocycles. The molecular weight excluding hydrogens is 805 g/mol. The van der Waals surface area contributed by atoms with E-state index in [1.807, 2.05) is 61.8 Å². The molecule has 0 radical (unpaired) electrons. The summed E-state index contributed by atoms with van der Waals surface area (Å²) in [6.45, 7) is 9.22. The van der Waals surface area contributed by atoms with Crippen molar-refractivity contribution < 1.29 is 52.5 Å². The minimum absolute atomic E-state index is 0.121. The van der Waals surface area contributed by atoms with Crippen molar-refractivity contribution in [2.24, 2.45) is 14.1 Å². The van der Waals surface area contributed by atoms with E-state index in [1.54, 1.807) is 67.0 Å². The van der Waals surface area contributed by atoms with Gasteiger partial charge < -0.3 is 57.0 Å². The summed E-state index contributed by atoms with van der Waals surface area (Å²) in [5.74, 6) is -0.424. The van der Waals surface area contributed by atoms with Crippen molar-refractivity contribution in [2.75, 3.05) is 109 Å². The molecule has 0 aliphatic rings. The molecule has 2 heterocycles. The number of hydrogen-bond donors (Lipinski definition) is 0. The molecule has 2 aromatic heterocycles. The molecule has 4 aromatic rings. The first kappa shape index (κ1) is 49.0. The highest BCUT2D eigenvalue weighted by Crippen LogP contribution is 2.31. The Morgan fingerprint density at radius 2 is 1.15 bits per heavy atom. The predicted molar refractivity (Wildman–Crippen MR) is 234 cm³/mol. The highest BCUT2D eigenvalue weighted by molar-refractivity contribution is 6.07. The number of nitro groups is 1. The van der Waals surface area contributed by atoms with Crippen molar-refractivity contribution in [1.29, 1.82) is 0 Å². The van der Waals surface area contributed by atoms with Gasteiger partial charge in [0.2, 0.25) is 0 Å². The van der Waals surface area contributed by atoms with Crippen LogP contribution in [0.1, 0.15) is 52.0 Å². The number of hydrogen-bond acceptors (Lipinski definition) is 13. The number of anilines is 4. The van der Waals surface area contributed by atoms with Crippen LogP contribution in [0.2, 0.25) is 0 Å². The molecule has 62 heavy (non-hydrogen) atoms. The predicted octanol–water partition coefficient (Wildman–Crippen LogP) is 5.65. The topological polar surface area (TPSA) is 179 Å². The Bertz CT molecular complexity index is 2030. The van der Waals surface area contributed by atoms with Crippen molar-refractivity contribution >= 4 is 46.4 Å². The van der Waals surface area contributed by atoms with E-state index < -0.39 is 17.0 Å². The molecule has 4 rings (SSSR count). The summed E-state index contributed by atoms with van der Waals surface area (Å²) >= 11 is 0. The summed E-state index contributed by atoms with van der Waals surface area (Å²) in [4.78, 5) is 56.9. The molecule has 2 atom stereocenters. The number of esters is 1. The van der Waals surface area contributed by atoms with Gasteiger partial charge in [-0.25, -0.2) is 4.79 Å². The van der Waals surface area contributed by atoms with E-state index in [-0.39, 0.29) is 48.9 Å². The lowest BCUT2D eigenvalue weighted by Crippen LogP contribution is -2.38. The average Bonchev–Trinajstić information content (AvgIpc) is 3.85. The van der Waals surface area contributed by atoms with E-state index in [9.17, 15) is 24.5 Å². The summed E-state index contributed by atoms with van der Waals surface area (Å²) in [7, 11) is 8.65. The molecule has 338 valence electrons. The van der Waals surface area contributed by atoms with Crippen molar-refractivity contribution in [2.45, 2.75) is 33.0 Å². The first-order valence-corrected chi connectivity index (χ1v) is 20.4. The number of nitrogens with zero attached hydrogens (tertiary/aromatic N) is 6. The smallest absolute Gasteiger partial charge is 0.355 e. The number of methoxy groups -OCH3 is 2. The summed E-state index contributed by atoms with van der Waals surface area (Å²) in [6.07, 6.45) is 2.76. The Morgan fingerprint density at radius 3 is 1.63 bits per heavy atom. The van der Waals surface area contributed by atoms with Gasteiger partial charge in [0.25, 0.3) is 17.5 Å². The van der Waals surface area contributed by atoms with Crippen molar-refractivity contribution in [3.8, 4) is 0 Å². The fourth-order valence-electron chi connectivity index (χ4n) is 6.45. The maximum absolute atomic E-state index is 14.3. The van der Waals surface area contributed by atoms with Gasteiger partial charge in [-0.15, -0.1) is 0 Å². The first-order valence-electron chi connectivity index (χ1n) is 20.4. The van der Waals surface area contributed by atoms with Crippen LogP contribution in [0.4, 0.5) is 28.6 Å². The van der Waals surface area contributed by atoms with Crippen LogP contribution in [0, 0.1) is 10.1 Å². The van der Waals surface area contributed by atoms with Crippen LogP contribution in [0.15, 0.2) is 73.1 Å². The van der Waals surface area contributed by atoms with E-state index in [2.05, 4.69) is 0 Å². The molecule has 0 aliphatic heterocycles. The van der Waals surface area contributed by atoms with Crippen molar-refractivity contribution in [3.63, 3.8) is 0 Å². The van der Waals surface area contributed by atoms with Gasteiger partial charge in [-0.1, -0.05) is 0 Å². The van der Waals surface area contributed by atoms with E-state index in [0.29, 0.717) is 75.5 Å². The lowest BCUT2D eigenvalue weighted by atomic mass is 10.1. The van der Waals surface area contributed by atoms with Crippen LogP contribution < -0.4 is 14.7 Å². The van der Waals surface area contributed by atoms with Gasteiger partial charge in [0, 0.05) is 82.8 Å². The third kappa shape index (κ3) is 13.9. The Labute approximate surface area is 362 Å². The van der Waals surface area contributed by atoms with Crippen LogP contribution in [-0.2, 0) is 47.3 Å². The standard InChI is InChI=1S/C44H60N6O12/c1-9-60-44(53)40-26-38(30-45(40)4)48(28-32(2)61-24-22-58-20-18-56-7)42(51)34-10-14-36(15-11-34)47(6)41-27-39(31-46(41)5)49(29-33(3)62-25-23-59-21-19-57-8)43(52)35-12-16-37(17-13-35)50(54)55/h10-17,26-27,30-33H,9,18-25,28-29H2,1-8H3. The zero-order valence-corrected chi connectivity index (χ0v) is 36.9. The summed E-state index contributed by atoms with van der Waals surface area (Å²) in [5.41, 5.74) is 2.71. The first-order chi connectivity index (χ1) is 29.8. The molecule has 18 nitrogen and oxygen atoms in total. The number of carbonyl (C=O) groups excluding carboxylic acids is 3. The number of non-ortho nitro benzene ring substituents is 1. The molecule has 2 amide bonds. The Balaban J connectivity index is 1.56. The maximum Gasteiger partial charge on any atom is 0.355 e. The highest BCUT2D eigenvalue weighted by Gasteiger charge is 2.26. The maximum atomic E-state index is 14.3. The van der Waals surface area contributed by atoms with E-state index in [0.717, 1.165) is 11.5 Å². The Hall–Kier alpha value is -5.63. The van der Waals surface area contributed by atoms with Gasteiger partial charge in [-0.05, 0) is 63.2 Å². The molecule has 0 bridgehead atoms. The zero-order chi connectivity index (χ0) is 45.2. The molecule has 0 fully saturated rings. The summed E-state index contributed by atoms with van der Waals surface area (Å²) in [6, 6.07) is 16.1. The molecule has 2 aromatic carbocycles. The summed E-state index contributed by atoms with van der Waals surface area (Å²) < 4.78 is 41.8. The largest absolute Gasteiger partial charge is 0.461 e. The lowest BCUT2D eigenvalue weighted by Gasteiger charge is -2.26. The number of rotatable bonds is 27. The number of carbonyl (C=O) groups is 3. The SMILES string of the molecule is CCOC(=O)c1cc(N(CC(C)OCCOCCOC)C(=O)c2ccc(N(C)c3cc(N(CC(C)OCCOCCOC)C(=O)c4ccc([N+](=O)[O-])cc4)cn3C)cc2)cn1C. The van der Waals surface area contributed by atoms with E-state index >= 15 is 0 Å². The fraction of sp³-hybridized carbons (Fsp3) is 0.477. The van der Waals surface area contributed by atoms with Gasteiger partial charge in [0.15, 0.2) is 0 Å². The van der Waals surface area contributed by atoms with Crippen LogP contribution in [0.5, 0.6) is 0 Å². The van der Waals surface area contributed by atoms with Crippen molar-refractivity contribution in [3.05, 3.63) is 100.0 Å². The van der Waals surface area contributed by atoms with E-state index in [4.69, 9.17) is 33.2 Å². The second-order valence-corrected chi connectivity index (χ2v) is 14.4. The monoisotopic (exact) mass is 864 g/mol. The van der Waals surface area contributed by atoms with Crippen LogP contribution in [-0.4, -0.2) is 138 Å². The number of aromatic nitrogens is 2.